The van der Waals surface area contributed by atoms with Crippen LogP contribution in [0, 0.1) is 5.92 Å². The van der Waals surface area contributed by atoms with Gasteiger partial charge in [-0.3, -0.25) is 14.5 Å². The highest BCUT2D eigenvalue weighted by Crippen LogP contribution is 2.43. The van der Waals surface area contributed by atoms with E-state index in [9.17, 15) is 22.8 Å². The number of ether oxygens (including phenoxy) is 1. The standard InChI is InChI=1S/C21H25F3N2O3/c1-13-7-9-20(10-8-13)26(17(12-29-20)18(27)25-16-5-6-16)19(28)14-3-2-4-15(11-14)21(22,23)24/h2-4,11,13,16-17H,5-10,12H2,1H3,(H,25,27)/t13?,17-,20?/m0/s1. The van der Waals surface area contributed by atoms with Crippen LogP contribution < -0.4 is 5.32 Å². The van der Waals surface area contributed by atoms with Gasteiger partial charge in [0.05, 0.1) is 12.2 Å². The minimum absolute atomic E-state index is 0.0671. The molecule has 3 fully saturated rings. The Morgan fingerprint density at radius 3 is 2.48 bits per heavy atom. The number of carbonyl (C=O) groups excluding carboxylic acids is 2. The maximum atomic E-state index is 13.4. The lowest BCUT2D eigenvalue weighted by molar-refractivity contribution is -0.137. The third-order valence-electron chi connectivity index (χ3n) is 6.20. The minimum Gasteiger partial charge on any atom is -0.353 e. The van der Waals surface area contributed by atoms with Gasteiger partial charge in [-0.25, -0.2) is 0 Å². The SMILES string of the molecule is CC1CCC2(CC1)OC[C@@H](C(=O)NC1CC1)N2C(=O)c1cccc(C(F)(F)F)c1. The van der Waals surface area contributed by atoms with Gasteiger partial charge in [0, 0.05) is 11.6 Å². The maximum Gasteiger partial charge on any atom is 0.416 e. The first-order valence-corrected chi connectivity index (χ1v) is 10.1. The van der Waals surface area contributed by atoms with Crippen LogP contribution in [0.1, 0.15) is 61.4 Å². The second-order valence-electron chi connectivity index (χ2n) is 8.49. The molecule has 2 saturated carbocycles. The van der Waals surface area contributed by atoms with Crippen LogP contribution in [-0.4, -0.2) is 41.1 Å². The molecule has 158 valence electrons. The second-order valence-corrected chi connectivity index (χ2v) is 8.49. The van der Waals surface area contributed by atoms with E-state index in [0.717, 1.165) is 37.8 Å². The highest BCUT2D eigenvalue weighted by atomic mass is 19.4. The normalized spacial score (nSPS) is 29.9. The summed E-state index contributed by atoms with van der Waals surface area (Å²) in [5.74, 6) is -0.392. The van der Waals surface area contributed by atoms with E-state index in [1.54, 1.807) is 0 Å². The fraction of sp³-hybridized carbons (Fsp3) is 0.619. The Bertz CT molecular complexity index is 799. The number of halogens is 3. The molecule has 2 amide bonds. The van der Waals surface area contributed by atoms with Gasteiger partial charge >= 0.3 is 6.18 Å². The van der Waals surface area contributed by atoms with E-state index in [-0.39, 0.29) is 24.1 Å². The predicted molar refractivity (Wildman–Crippen MR) is 98.9 cm³/mol. The minimum atomic E-state index is -4.54. The zero-order valence-corrected chi connectivity index (χ0v) is 16.3. The Labute approximate surface area is 167 Å². The summed E-state index contributed by atoms with van der Waals surface area (Å²) in [5, 5.41) is 2.91. The molecule has 1 aromatic carbocycles. The van der Waals surface area contributed by atoms with Gasteiger partial charge in [0.25, 0.3) is 5.91 Å². The van der Waals surface area contributed by atoms with Crippen LogP contribution in [0.15, 0.2) is 24.3 Å². The molecule has 1 atom stereocenters. The Morgan fingerprint density at radius 1 is 1.17 bits per heavy atom. The molecule has 29 heavy (non-hydrogen) atoms. The molecule has 1 saturated heterocycles. The summed E-state index contributed by atoms with van der Waals surface area (Å²) >= 11 is 0. The molecule has 0 aromatic heterocycles. The van der Waals surface area contributed by atoms with Gasteiger partial charge in [-0.1, -0.05) is 13.0 Å². The first-order chi connectivity index (χ1) is 13.7. The van der Waals surface area contributed by atoms with Crippen molar-refractivity contribution in [2.24, 2.45) is 5.92 Å². The number of hydrogen-bond donors (Lipinski definition) is 1. The zero-order valence-electron chi connectivity index (χ0n) is 16.3. The van der Waals surface area contributed by atoms with Crippen molar-refractivity contribution >= 4 is 11.8 Å². The number of rotatable bonds is 3. The third kappa shape index (κ3) is 3.99. The number of nitrogens with zero attached hydrogens (tertiary/aromatic N) is 1. The molecule has 1 N–H and O–H groups in total. The average molecular weight is 410 g/mol. The first kappa shape index (κ1) is 20.2. The summed E-state index contributed by atoms with van der Waals surface area (Å²) in [6.45, 7) is 2.19. The van der Waals surface area contributed by atoms with Crippen molar-refractivity contribution < 1.29 is 27.5 Å². The molecule has 8 heteroatoms. The van der Waals surface area contributed by atoms with Crippen molar-refractivity contribution in [3.05, 3.63) is 35.4 Å². The topological polar surface area (TPSA) is 58.6 Å². The number of hydrogen-bond acceptors (Lipinski definition) is 3. The Kier molecular flexibility index (Phi) is 5.09. The number of benzene rings is 1. The van der Waals surface area contributed by atoms with Gasteiger partial charge in [0.15, 0.2) is 0 Å². The molecule has 0 bridgehead atoms. The smallest absolute Gasteiger partial charge is 0.353 e. The van der Waals surface area contributed by atoms with Gasteiger partial charge in [-0.05, 0) is 62.6 Å². The van der Waals surface area contributed by atoms with E-state index in [4.69, 9.17) is 4.74 Å². The highest BCUT2D eigenvalue weighted by Gasteiger charge is 2.54. The Hall–Kier alpha value is -2.09. The fourth-order valence-electron chi connectivity index (χ4n) is 4.27. The van der Waals surface area contributed by atoms with E-state index in [1.807, 2.05) is 0 Å². The monoisotopic (exact) mass is 410 g/mol. The van der Waals surface area contributed by atoms with Crippen LogP contribution in [0.5, 0.6) is 0 Å². The van der Waals surface area contributed by atoms with Crippen LogP contribution in [0.4, 0.5) is 13.2 Å². The first-order valence-electron chi connectivity index (χ1n) is 10.1. The molecule has 0 unspecified atom stereocenters. The van der Waals surface area contributed by atoms with E-state index in [2.05, 4.69) is 12.2 Å². The lowest BCUT2D eigenvalue weighted by Gasteiger charge is -2.43. The number of alkyl halides is 3. The van der Waals surface area contributed by atoms with Crippen LogP contribution in [0.25, 0.3) is 0 Å². The van der Waals surface area contributed by atoms with E-state index >= 15 is 0 Å². The van der Waals surface area contributed by atoms with Crippen molar-refractivity contribution in [1.29, 1.82) is 0 Å². The molecule has 0 radical (unpaired) electrons. The molecule has 5 nitrogen and oxygen atoms in total. The molecular weight excluding hydrogens is 385 g/mol. The molecule has 1 aliphatic heterocycles. The molecular formula is C21H25F3N2O3. The van der Waals surface area contributed by atoms with Gasteiger partial charge in [-0.2, -0.15) is 13.2 Å². The molecule has 2 aliphatic carbocycles. The summed E-state index contributed by atoms with van der Waals surface area (Å²) in [7, 11) is 0. The van der Waals surface area contributed by atoms with Crippen molar-refractivity contribution in [1.82, 2.24) is 10.2 Å². The second kappa shape index (κ2) is 7.31. The van der Waals surface area contributed by atoms with Gasteiger partial charge in [0.1, 0.15) is 11.8 Å². The highest BCUT2D eigenvalue weighted by molar-refractivity contribution is 5.98. The zero-order chi connectivity index (χ0) is 20.8. The van der Waals surface area contributed by atoms with Crippen LogP contribution in [0.2, 0.25) is 0 Å². The van der Waals surface area contributed by atoms with E-state index in [0.29, 0.717) is 18.8 Å². The molecule has 1 heterocycles. The maximum absolute atomic E-state index is 13.4. The lowest BCUT2D eigenvalue weighted by Crippen LogP contribution is -2.57. The van der Waals surface area contributed by atoms with Crippen LogP contribution >= 0.6 is 0 Å². The summed E-state index contributed by atoms with van der Waals surface area (Å²) in [6, 6.07) is 3.68. The van der Waals surface area contributed by atoms with Gasteiger partial charge < -0.3 is 10.1 Å². The Balaban J connectivity index is 1.66. The Morgan fingerprint density at radius 2 is 1.86 bits per heavy atom. The van der Waals surface area contributed by atoms with E-state index in [1.165, 1.54) is 17.0 Å². The average Bonchev–Trinajstić information content (AvgIpc) is 3.42. The number of nitrogens with one attached hydrogen (secondary N) is 1. The molecule has 1 spiro atoms. The van der Waals surface area contributed by atoms with Crippen LogP contribution in [-0.2, 0) is 15.7 Å². The molecule has 3 aliphatic rings. The van der Waals surface area contributed by atoms with Crippen molar-refractivity contribution in [2.75, 3.05) is 6.61 Å². The summed E-state index contributed by atoms with van der Waals surface area (Å²) in [5.41, 5.74) is -1.88. The fourth-order valence-corrected chi connectivity index (χ4v) is 4.27. The number of amides is 2. The summed E-state index contributed by atoms with van der Waals surface area (Å²) in [4.78, 5) is 27.6. The third-order valence-corrected chi connectivity index (χ3v) is 6.20. The van der Waals surface area contributed by atoms with Crippen molar-refractivity contribution in [3.8, 4) is 0 Å². The predicted octanol–water partition coefficient (Wildman–Crippen LogP) is 3.73. The van der Waals surface area contributed by atoms with Crippen molar-refractivity contribution in [2.45, 2.75) is 69.4 Å². The lowest BCUT2D eigenvalue weighted by atomic mass is 9.83. The van der Waals surface area contributed by atoms with Gasteiger partial charge in [-0.15, -0.1) is 0 Å². The summed E-state index contributed by atoms with van der Waals surface area (Å²) < 4.78 is 45.5. The van der Waals surface area contributed by atoms with Crippen LogP contribution in [0.3, 0.4) is 0 Å². The molecule has 4 rings (SSSR count). The largest absolute Gasteiger partial charge is 0.416 e. The summed E-state index contributed by atoms with van der Waals surface area (Å²) in [6.07, 6.45) is 0.0937. The van der Waals surface area contributed by atoms with Gasteiger partial charge in [0.2, 0.25) is 5.91 Å². The molecule has 1 aromatic rings. The number of carbonyl (C=O) groups is 2. The van der Waals surface area contributed by atoms with E-state index < -0.39 is 29.4 Å². The quantitative estimate of drug-likeness (QED) is 0.826. The van der Waals surface area contributed by atoms with Crippen molar-refractivity contribution in [3.63, 3.8) is 0 Å².